The van der Waals surface area contributed by atoms with Crippen LogP contribution in [0, 0.1) is 6.92 Å². The third-order valence-corrected chi connectivity index (χ3v) is 2.85. The molecule has 66 valence electrons. The zero-order chi connectivity index (χ0) is 8.72. The molecule has 1 fully saturated rings. The quantitative estimate of drug-likeness (QED) is 0.686. The van der Waals surface area contributed by atoms with E-state index >= 15 is 0 Å². The van der Waals surface area contributed by atoms with E-state index < -0.39 is 0 Å². The smallest absolute Gasteiger partial charge is 0.200 e. The van der Waals surface area contributed by atoms with Crippen LogP contribution >= 0.6 is 0 Å². The molecule has 1 heterocycles. The van der Waals surface area contributed by atoms with E-state index in [1.807, 2.05) is 18.5 Å². The van der Waals surface area contributed by atoms with Gasteiger partial charge in [-0.15, -0.1) is 0 Å². The number of anilines is 1. The lowest BCUT2D eigenvalue weighted by Gasteiger charge is -2.26. The number of aromatic nitrogens is 2. The van der Waals surface area contributed by atoms with Gasteiger partial charge in [0.2, 0.25) is 0 Å². The van der Waals surface area contributed by atoms with Crippen LogP contribution in [-0.2, 0) is 7.05 Å². The second-order valence-corrected chi connectivity index (χ2v) is 3.63. The Morgan fingerprint density at radius 3 is 2.50 bits per heavy atom. The van der Waals surface area contributed by atoms with Crippen LogP contribution in [-0.4, -0.2) is 9.55 Å². The topological polar surface area (TPSA) is 43.8 Å². The molecule has 0 aromatic carbocycles. The maximum atomic E-state index is 5.71. The molecule has 0 bridgehead atoms. The lowest BCUT2D eigenvalue weighted by molar-refractivity contribution is 0.401. The Labute approximate surface area is 72.6 Å². The number of nitrogens with two attached hydrogens (primary N) is 1. The van der Waals surface area contributed by atoms with E-state index in [0.717, 1.165) is 11.6 Å². The molecule has 2 N–H and O–H groups in total. The second-order valence-electron chi connectivity index (χ2n) is 3.63. The Bertz CT molecular complexity index is 297. The Morgan fingerprint density at radius 2 is 2.17 bits per heavy atom. The van der Waals surface area contributed by atoms with Crippen LogP contribution in [0.2, 0.25) is 0 Å². The van der Waals surface area contributed by atoms with E-state index in [1.165, 1.54) is 25.0 Å². The highest BCUT2D eigenvalue weighted by Crippen LogP contribution is 2.38. The fourth-order valence-electron chi connectivity index (χ4n) is 1.92. The van der Waals surface area contributed by atoms with E-state index in [0.29, 0.717) is 5.95 Å². The van der Waals surface area contributed by atoms with E-state index in [9.17, 15) is 0 Å². The normalized spacial score (nSPS) is 17.8. The summed E-state index contributed by atoms with van der Waals surface area (Å²) in [6.07, 6.45) is 3.97. The van der Waals surface area contributed by atoms with Crippen molar-refractivity contribution in [3.05, 3.63) is 11.4 Å². The van der Waals surface area contributed by atoms with Crippen LogP contribution in [0.25, 0.3) is 0 Å². The average molecular weight is 165 g/mol. The first-order chi connectivity index (χ1) is 5.70. The summed E-state index contributed by atoms with van der Waals surface area (Å²) in [7, 11) is 2.00. The molecule has 0 aliphatic heterocycles. The number of imidazole rings is 1. The number of nitrogens with zero attached hydrogens (tertiary/aromatic N) is 2. The Kier molecular flexibility index (Phi) is 1.60. The van der Waals surface area contributed by atoms with Gasteiger partial charge in [-0.3, -0.25) is 0 Å². The van der Waals surface area contributed by atoms with Crippen LogP contribution in [0.1, 0.15) is 36.6 Å². The molecule has 0 saturated heterocycles. The number of hydrogen-bond donors (Lipinski definition) is 1. The number of rotatable bonds is 1. The summed E-state index contributed by atoms with van der Waals surface area (Å²) in [4.78, 5) is 4.25. The van der Waals surface area contributed by atoms with Gasteiger partial charge in [-0.2, -0.15) is 0 Å². The molecule has 3 heteroatoms. The van der Waals surface area contributed by atoms with Gasteiger partial charge in [0.05, 0.1) is 5.69 Å². The molecule has 1 saturated carbocycles. The maximum Gasteiger partial charge on any atom is 0.200 e. The molecule has 1 aliphatic rings. The SMILES string of the molecule is Cc1nc(N)n(C)c1C1CCC1. The Balaban J connectivity index is 2.40. The summed E-state index contributed by atoms with van der Waals surface area (Å²) in [6.45, 7) is 2.05. The highest BCUT2D eigenvalue weighted by atomic mass is 15.1. The van der Waals surface area contributed by atoms with Gasteiger partial charge in [0, 0.05) is 18.7 Å². The monoisotopic (exact) mass is 165 g/mol. The highest BCUT2D eigenvalue weighted by molar-refractivity contribution is 5.31. The molecule has 3 nitrogen and oxygen atoms in total. The van der Waals surface area contributed by atoms with Gasteiger partial charge in [-0.05, 0) is 19.8 Å². The standard InChI is InChI=1S/C9H15N3/c1-6-8(7-4-3-5-7)12(2)9(10)11-6/h7H,3-5H2,1-2H3,(H2,10,11). The fraction of sp³-hybridized carbons (Fsp3) is 0.667. The minimum atomic E-state index is 0.648. The highest BCUT2D eigenvalue weighted by Gasteiger charge is 2.25. The molecule has 0 unspecified atom stereocenters. The first kappa shape index (κ1) is 7.65. The minimum absolute atomic E-state index is 0.648. The van der Waals surface area contributed by atoms with Crippen LogP contribution in [0.3, 0.4) is 0 Å². The van der Waals surface area contributed by atoms with Crippen molar-refractivity contribution in [2.24, 2.45) is 7.05 Å². The molecule has 0 radical (unpaired) electrons. The van der Waals surface area contributed by atoms with E-state index in [-0.39, 0.29) is 0 Å². The summed E-state index contributed by atoms with van der Waals surface area (Å²) in [6, 6.07) is 0. The van der Waals surface area contributed by atoms with Crippen molar-refractivity contribution in [1.29, 1.82) is 0 Å². The van der Waals surface area contributed by atoms with Crippen LogP contribution < -0.4 is 5.73 Å². The molecule has 0 spiro atoms. The average Bonchev–Trinajstić information content (AvgIpc) is 2.13. The van der Waals surface area contributed by atoms with E-state index in [4.69, 9.17) is 5.73 Å². The van der Waals surface area contributed by atoms with E-state index in [1.54, 1.807) is 0 Å². The van der Waals surface area contributed by atoms with Crippen molar-refractivity contribution in [1.82, 2.24) is 9.55 Å². The number of hydrogen-bond acceptors (Lipinski definition) is 2. The number of aryl methyl sites for hydroxylation is 1. The molecule has 12 heavy (non-hydrogen) atoms. The first-order valence-electron chi connectivity index (χ1n) is 4.49. The maximum absolute atomic E-state index is 5.71. The third kappa shape index (κ3) is 0.924. The van der Waals surface area contributed by atoms with Gasteiger partial charge in [0.1, 0.15) is 0 Å². The third-order valence-electron chi connectivity index (χ3n) is 2.85. The fourth-order valence-corrected chi connectivity index (χ4v) is 1.92. The second kappa shape index (κ2) is 2.51. The summed E-state index contributed by atoms with van der Waals surface area (Å²) >= 11 is 0. The largest absolute Gasteiger partial charge is 0.369 e. The van der Waals surface area contributed by atoms with Crippen molar-refractivity contribution in [3.8, 4) is 0 Å². The molecule has 1 aromatic rings. The van der Waals surface area contributed by atoms with Crippen molar-refractivity contribution >= 4 is 5.95 Å². The van der Waals surface area contributed by atoms with Crippen LogP contribution in [0.15, 0.2) is 0 Å². The zero-order valence-electron chi connectivity index (χ0n) is 7.67. The molecule has 0 atom stereocenters. The molecule has 1 aliphatic carbocycles. The van der Waals surface area contributed by atoms with Gasteiger partial charge in [0.15, 0.2) is 5.95 Å². The van der Waals surface area contributed by atoms with Crippen molar-refractivity contribution in [2.75, 3.05) is 5.73 Å². The van der Waals surface area contributed by atoms with Gasteiger partial charge in [-0.25, -0.2) is 4.98 Å². The van der Waals surface area contributed by atoms with Crippen molar-refractivity contribution < 1.29 is 0 Å². The van der Waals surface area contributed by atoms with Crippen molar-refractivity contribution in [3.63, 3.8) is 0 Å². The predicted octanol–water partition coefficient (Wildman–Crippen LogP) is 1.58. The molecule has 0 amide bonds. The zero-order valence-corrected chi connectivity index (χ0v) is 7.67. The van der Waals surface area contributed by atoms with Gasteiger partial charge in [-0.1, -0.05) is 6.42 Å². The molecular weight excluding hydrogens is 150 g/mol. The van der Waals surface area contributed by atoms with Crippen molar-refractivity contribution in [2.45, 2.75) is 32.1 Å². The summed E-state index contributed by atoms with van der Waals surface area (Å²) in [5.74, 6) is 1.37. The molecule has 2 rings (SSSR count). The lowest BCUT2D eigenvalue weighted by atomic mass is 9.82. The Hall–Kier alpha value is -0.990. The molecular formula is C9H15N3. The molecule has 1 aromatic heterocycles. The van der Waals surface area contributed by atoms with Gasteiger partial charge >= 0.3 is 0 Å². The van der Waals surface area contributed by atoms with Gasteiger partial charge < -0.3 is 10.3 Å². The Morgan fingerprint density at radius 1 is 1.50 bits per heavy atom. The summed E-state index contributed by atoms with van der Waals surface area (Å²) < 4.78 is 2.03. The van der Waals surface area contributed by atoms with Crippen LogP contribution in [0.4, 0.5) is 5.95 Å². The first-order valence-corrected chi connectivity index (χ1v) is 4.49. The van der Waals surface area contributed by atoms with E-state index in [2.05, 4.69) is 4.98 Å². The minimum Gasteiger partial charge on any atom is -0.369 e. The number of nitrogen functional groups attached to an aromatic ring is 1. The van der Waals surface area contributed by atoms with Crippen LogP contribution in [0.5, 0.6) is 0 Å². The predicted molar refractivity (Wildman–Crippen MR) is 48.9 cm³/mol. The summed E-state index contributed by atoms with van der Waals surface area (Å²) in [5.41, 5.74) is 8.17. The van der Waals surface area contributed by atoms with Gasteiger partial charge in [0.25, 0.3) is 0 Å². The lowest BCUT2D eigenvalue weighted by Crippen LogP contribution is -2.14. The summed E-state index contributed by atoms with van der Waals surface area (Å²) in [5, 5.41) is 0.